The predicted octanol–water partition coefficient (Wildman–Crippen LogP) is 1.42. The molecule has 1 aromatic rings. The van der Waals surface area contributed by atoms with Gasteiger partial charge in [0.2, 0.25) is 0 Å². The van der Waals surface area contributed by atoms with Gasteiger partial charge in [-0.1, -0.05) is 0 Å². The second-order valence-corrected chi connectivity index (χ2v) is 4.96. The van der Waals surface area contributed by atoms with Crippen LogP contribution in [0.2, 0.25) is 0 Å². The van der Waals surface area contributed by atoms with Crippen LogP contribution in [0.25, 0.3) is 0 Å². The normalized spacial score (nSPS) is 23.8. The molecule has 1 aliphatic rings. The molecule has 4 heteroatoms. The lowest BCUT2D eigenvalue weighted by Crippen LogP contribution is -2.55. The average molecular weight is 250 g/mol. The summed E-state index contributed by atoms with van der Waals surface area (Å²) < 4.78 is 10.8. The molecule has 4 nitrogen and oxygen atoms in total. The van der Waals surface area contributed by atoms with Crippen molar-refractivity contribution in [2.75, 3.05) is 33.9 Å². The summed E-state index contributed by atoms with van der Waals surface area (Å²) in [6.45, 7) is 7.17. The van der Waals surface area contributed by atoms with Crippen LogP contribution in [0.15, 0.2) is 12.1 Å². The first-order valence-electron chi connectivity index (χ1n) is 6.29. The van der Waals surface area contributed by atoms with E-state index in [-0.39, 0.29) is 5.54 Å². The molecule has 1 atom stereocenters. The minimum absolute atomic E-state index is 0.0973. The third-order valence-corrected chi connectivity index (χ3v) is 3.58. The highest BCUT2D eigenvalue weighted by atomic mass is 16.5. The van der Waals surface area contributed by atoms with Crippen LogP contribution in [-0.2, 0) is 5.54 Å². The second-order valence-electron chi connectivity index (χ2n) is 4.96. The highest BCUT2D eigenvalue weighted by molar-refractivity contribution is 5.50. The van der Waals surface area contributed by atoms with Crippen LogP contribution in [0.4, 0.5) is 0 Å². The summed E-state index contributed by atoms with van der Waals surface area (Å²) in [6, 6.07) is 4.00. The van der Waals surface area contributed by atoms with Gasteiger partial charge < -0.3 is 20.1 Å². The van der Waals surface area contributed by atoms with Crippen molar-refractivity contribution in [3.8, 4) is 11.5 Å². The van der Waals surface area contributed by atoms with Gasteiger partial charge in [-0.15, -0.1) is 0 Å². The molecule has 2 rings (SSSR count). The van der Waals surface area contributed by atoms with E-state index in [9.17, 15) is 0 Å². The Balaban J connectivity index is 2.48. The summed E-state index contributed by atoms with van der Waals surface area (Å²) >= 11 is 0. The maximum atomic E-state index is 5.54. The van der Waals surface area contributed by atoms with Gasteiger partial charge in [-0.2, -0.15) is 0 Å². The zero-order valence-corrected chi connectivity index (χ0v) is 11.6. The van der Waals surface area contributed by atoms with E-state index in [1.165, 1.54) is 11.1 Å². The van der Waals surface area contributed by atoms with Crippen molar-refractivity contribution < 1.29 is 9.47 Å². The molecule has 0 saturated carbocycles. The monoisotopic (exact) mass is 250 g/mol. The number of aryl methyl sites for hydroxylation is 1. The lowest BCUT2D eigenvalue weighted by atomic mass is 9.86. The molecule has 18 heavy (non-hydrogen) atoms. The van der Waals surface area contributed by atoms with Gasteiger partial charge in [0.15, 0.2) is 0 Å². The van der Waals surface area contributed by atoms with E-state index >= 15 is 0 Å². The molecule has 2 N–H and O–H groups in total. The standard InChI is InChI=1S/C14H22N2O2/c1-10-7-11(17-3)8-12(18-4)13(10)14(2)9-15-5-6-16-14/h7-8,15-16H,5-6,9H2,1-4H3. The van der Waals surface area contributed by atoms with Gasteiger partial charge >= 0.3 is 0 Å². The van der Waals surface area contributed by atoms with E-state index in [0.717, 1.165) is 31.1 Å². The lowest BCUT2D eigenvalue weighted by Gasteiger charge is -2.38. The van der Waals surface area contributed by atoms with Crippen LogP contribution in [0.5, 0.6) is 11.5 Å². The number of piperazine rings is 1. The molecule has 1 aromatic carbocycles. The minimum Gasteiger partial charge on any atom is -0.497 e. The number of benzene rings is 1. The smallest absolute Gasteiger partial charge is 0.127 e. The summed E-state index contributed by atoms with van der Waals surface area (Å²) in [4.78, 5) is 0. The van der Waals surface area contributed by atoms with E-state index in [1.807, 2.05) is 6.07 Å². The van der Waals surface area contributed by atoms with Crippen molar-refractivity contribution in [2.45, 2.75) is 19.4 Å². The summed E-state index contributed by atoms with van der Waals surface area (Å²) in [5, 5.41) is 7.01. The Labute approximate surface area is 109 Å². The third kappa shape index (κ3) is 2.31. The van der Waals surface area contributed by atoms with Crippen LogP contribution < -0.4 is 20.1 Å². The molecule has 0 amide bonds. The Morgan fingerprint density at radius 3 is 2.50 bits per heavy atom. The van der Waals surface area contributed by atoms with Crippen LogP contribution >= 0.6 is 0 Å². The number of rotatable bonds is 3. The Morgan fingerprint density at radius 2 is 1.94 bits per heavy atom. The first kappa shape index (κ1) is 13.2. The molecule has 100 valence electrons. The lowest BCUT2D eigenvalue weighted by molar-refractivity contribution is 0.287. The number of hydrogen-bond donors (Lipinski definition) is 2. The van der Waals surface area contributed by atoms with E-state index in [1.54, 1.807) is 14.2 Å². The van der Waals surface area contributed by atoms with E-state index in [0.29, 0.717) is 0 Å². The molecular weight excluding hydrogens is 228 g/mol. The van der Waals surface area contributed by atoms with Gasteiger partial charge in [-0.3, -0.25) is 0 Å². The van der Waals surface area contributed by atoms with Crippen LogP contribution in [0.3, 0.4) is 0 Å². The number of ether oxygens (including phenoxy) is 2. The molecule has 0 spiro atoms. The van der Waals surface area contributed by atoms with Crippen molar-refractivity contribution in [3.05, 3.63) is 23.3 Å². The molecule has 1 heterocycles. The number of nitrogens with one attached hydrogen (secondary N) is 2. The van der Waals surface area contributed by atoms with E-state index in [2.05, 4.69) is 30.5 Å². The van der Waals surface area contributed by atoms with Gasteiger partial charge in [0.25, 0.3) is 0 Å². The molecular formula is C14H22N2O2. The SMILES string of the molecule is COc1cc(C)c(C2(C)CNCCN2)c(OC)c1. The zero-order valence-electron chi connectivity index (χ0n) is 11.6. The Bertz CT molecular complexity index is 426. The molecule has 0 aromatic heterocycles. The number of hydrogen-bond acceptors (Lipinski definition) is 4. The maximum absolute atomic E-state index is 5.54. The average Bonchev–Trinajstić information content (AvgIpc) is 2.38. The van der Waals surface area contributed by atoms with Crippen molar-refractivity contribution in [3.63, 3.8) is 0 Å². The van der Waals surface area contributed by atoms with Crippen molar-refractivity contribution in [1.29, 1.82) is 0 Å². The summed E-state index contributed by atoms with van der Waals surface area (Å²) in [7, 11) is 3.38. The fraction of sp³-hybridized carbons (Fsp3) is 0.571. The van der Waals surface area contributed by atoms with Gasteiger partial charge in [-0.25, -0.2) is 0 Å². The fourth-order valence-electron chi connectivity index (χ4n) is 2.71. The van der Waals surface area contributed by atoms with Gasteiger partial charge in [0, 0.05) is 31.3 Å². The first-order valence-corrected chi connectivity index (χ1v) is 6.29. The third-order valence-electron chi connectivity index (χ3n) is 3.58. The van der Waals surface area contributed by atoms with Crippen molar-refractivity contribution >= 4 is 0 Å². The van der Waals surface area contributed by atoms with Crippen LogP contribution in [0, 0.1) is 6.92 Å². The van der Waals surface area contributed by atoms with E-state index in [4.69, 9.17) is 9.47 Å². The highest BCUT2D eigenvalue weighted by Crippen LogP contribution is 2.36. The fourth-order valence-corrected chi connectivity index (χ4v) is 2.71. The molecule has 1 aliphatic heterocycles. The Hall–Kier alpha value is -1.26. The molecule has 1 saturated heterocycles. The second kappa shape index (κ2) is 5.16. The number of methoxy groups -OCH3 is 2. The zero-order chi connectivity index (χ0) is 13.2. The Kier molecular flexibility index (Phi) is 3.78. The summed E-state index contributed by atoms with van der Waals surface area (Å²) in [6.07, 6.45) is 0. The van der Waals surface area contributed by atoms with Gasteiger partial charge in [0.1, 0.15) is 11.5 Å². The molecule has 1 unspecified atom stereocenters. The Morgan fingerprint density at radius 1 is 1.17 bits per heavy atom. The van der Waals surface area contributed by atoms with Crippen LogP contribution in [0.1, 0.15) is 18.1 Å². The van der Waals surface area contributed by atoms with Gasteiger partial charge in [0.05, 0.1) is 19.8 Å². The van der Waals surface area contributed by atoms with Crippen molar-refractivity contribution in [2.24, 2.45) is 0 Å². The maximum Gasteiger partial charge on any atom is 0.127 e. The molecule has 1 fully saturated rings. The predicted molar refractivity (Wildman–Crippen MR) is 72.5 cm³/mol. The molecule has 0 radical (unpaired) electrons. The van der Waals surface area contributed by atoms with Gasteiger partial charge in [-0.05, 0) is 25.5 Å². The first-order chi connectivity index (χ1) is 8.60. The summed E-state index contributed by atoms with van der Waals surface area (Å²) in [5.74, 6) is 1.71. The van der Waals surface area contributed by atoms with Crippen molar-refractivity contribution in [1.82, 2.24) is 10.6 Å². The minimum atomic E-state index is -0.0973. The quantitative estimate of drug-likeness (QED) is 0.851. The molecule has 0 bridgehead atoms. The topological polar surface area (TPSA) is 42.5 Å². The summed E-state index contributed by atoms with van der Waals surface area (Å²) in [5.41, 5.74) is 2.29. The van der Waals surface area contributed by atoms with E-state index < -0.39 is 0 Å². The highest BCUT2D eigenvalue weighted by Gasteiger charge is 2.32. The largest absolute Gasteiger partial charge is 0.497 e. The van der Waals surface area contributed by atoms with Crippen LogP contribution in [-0.4, -0.2) is 33.9 Å². The molecule has 0 aliphatic carbocycles.